The second-order valence-corrected chi connectivity index (χ2v) is 11.0. The number of sulfonamides is 1. The fourth-order valence-corrected chi connectivity index (χ4v) is 6.43. The van der Waals surface area contributed by atoms with Gasteiger partial charge >= 0.3 is 0 Å². The van der Waals surface area contributed by atoms with Crippen LogP contribution in [0.4, 0.5) is 5.69 Å². The Bertz CT molecular complexity index is 1000. The maximum Gasteiger partial charge on any atom is 0.243 e. The van der Waals surface area contributed by atoms with Crippen molar-refractivity contribution in [3.63, 3.8) is 0 Å². The number of piperidine rings is 1. The summed E-state index contributed by atoms with van der Waals surface area (Å²) < 4.78 is 28.1. The highest BCUT2D eigenvalue weighted by atomic mass is 32.2. The number of hydrogen-bond acceptors (Lipinski definition) is 4. The van der Waals surface area contributed by atoms with E-state index in [4.69, 9.17) is 0 Å². The molecule has 1 fully saturated rings. The zero-order valence-electron chi connectivity index (χ0n) is 18.6. The Labute approximate surface area is 190 Å². The van der Waals surface area contributed by atoms with Gasteiger partial charge < -0.3 is 10.6 Å². The molecule has 1 saturated heterocycles. The predicted molar refractivity (Wildman–Crippen MR) is 124 cm³/mol. The molecule has 0 bridgehead atoms. The summed E-state index contributed by atoms with van der Waals surface area (Å²) in [6.45, 7) is 1.25. The largest absolute Gasteiger partial charge is 0.356 e. The number of anilines is 1. The van der Waals surface area contributed by atoms with Gasteiger partial charge in [0.15, 0.2) is 0 Å². The molecule has 8 heteroatoms. The van der Waals surface area contributed by atoms with Gasteiger partial charge in [-0.15, -0.1) is 0 Å². The minimum Gasteiger partial charge on any atom is -0.356 e. The summed E-state index contributed by atoms with van der Waals surface area (Å²) in [5.41, 5.74) is 2.96. The van der Waals surface area contributed by atoms with E-state index >= 15 is 0 Å². The molecule has 3 aliphatic rings. The van der Waals surface area contributed by atoms with Crippen molar-refractivity contribution in [3.05, 3.63) is 35.4 Å². The lowest BCUT2D eigenvalue weighted by Crippen LogP contribution is -2.45. The number of benzene rings is 1. The van der Waals surface area contributed by atoms with Crippen LogP contribution in [-0.4, -0.2) is 44.2 Å². The molecule has 1 aromatic rings. The van der Waals surface area contributed by atoms with Gasteiger partial charge in [0.1, 0.15) is 0 Å². The number of fused-ring (bicyclic) bond motifs is 1. The van der Waals surface area contributed by atoms with Crippen molar-refractivity contribution in [2.45, 2.75) is 69.1 Å². The number of carbonyl (C=O) groups excluding carboxylic acids is 2. The summed E-state index contributed by atoms with van der Waals surface area (Å²) in [4.78, 5) is 24.7. The molecule has 4 rings (SSSR count). The van der Waals surface area contributed by atoms with Crippen LogP contribution in [0.2, 0.25) is 0 Å². The second kappa shape index (κ2) is 10.2. The van der Waals surface area contributed by atoms with Crippen LogP contribution >= 0.6 is 0 Å². The van der Waals surface area contributed by atoms with Crippen LogP contribution in [0.25, 0.3) is 0 Å². The van der Waals surface area contributed by atoms with Gasteiger partial charge in [-0.2, -0.15) is 4.31 Å². The van der Waals surface area contributed by atoms with Crippen LogP contribution < -0.4 is 10.6 Å². The summed E-state index contributed by atoms with van der Waals surface area (Å²) in [5, 5.41) is 5.86. The Balaban J connectivity index is 1.38. The molecular weight excluding hydrogens is 426 g/mol. The van der Waals surface area contributed by atoms with E-state index in [1.165, 1.54) is 22.7 Å². The maximum absolute atomic E-state index is 13.3. The summed E-state index contributed by atoms with van der Waals surface area (Å²) in [6, 6.07) is 4.92. The quantitative estimate of drug-likeness (QED) is 0.638. The van der Waals surface area contributed by atoms with E-state index in [-0.39, 0.29) is 29.2 Å². The minimum absolute atomic E-state index is 0.0379. The second-order valence-electron chi connectivity index (χ2n) is 9.07. The Kier molecular flexibility index (Phi) is 7.30. The topological polar surface area (TPSA) is 95.6 Å². The molecule has 2 N–H and O–H groups in total. The molecule has 0 unspecified atom stereocenters. The Morgan fingerprint density at radius 3 is 2.81 bits per heavy atom. The first-order chi connectivity index (χ1) is 15.4. The van der Waals surface area contributed by atoms with Crippen LogP contribution in [0.1, 0.15) is 63.4 Å². The van der Waals surface area contributed by atoms with Crippen LogP contribution in [0.5, 0.6) is 0 Å². The fourth-order valence-electron chi connectivity index (χ4n) is 4.86. The van der Waals surface area contributed by atoms with E-state index in [9.17, 15) is 18.0 Å². The summed E-state index contributed by atoms with van der Waals surface area (Å²) in [5.74, 6) is -0.408. The SMILES string of the molecule is O=C1CCCc2cc(S(=O)(=O)N3CCC[C@@H](C(=O)NCCC4=CCCCC4)C3)ccc2N1. The molecule has 0 saturated carbocycles. The van der Waals surface area contributed by atoms with Crippen molar-refractivity contribution in [2.24, 2.45) is 5.92 Å². The lowest BCUT2D eigenvalue weighted by molar-refractivity contribution is -0.126. The van der Waals surface area contributed by atoms with E-state index in [0.717, 1.165) is 24.8 Å². The highest BCUT2D eigenvalue weighted by molar-refractivity contribution is 7.89. The van der Waals surface area contributed by atoms with Crippen LogP contribution in [-0.2, 0) is 26.0 Å². The van der Waals surface area contributed by atoms with E-state index in [1.807, 2.05) is 0 Å². The molecule has 1 atom stereocenters. The van der Waals surface area contributed by atoms with Crippen molar-refractivity contribution < 1.29 is 18.0 Å². The number of rotatable bonds is 6. The summed E-state index contributed by atoms with van der Waals surface area (Å²) >= 11 is 0. The van der Waals surface area contributed by atoms with E-state index in [2.05, 4.69) is 16.7 Å². The molecule has 1 aromatic carbocycles. The standard InChI is InChI=1S/C24H33N3O4S/c28-23-10-4-8-19-16-21(11-12-22(19)26-23)32(30,31)27-15-5-9-20(17-27)24(29)25-14-13-18-6-2-1-3-7-18/h6,11-12,16,20H,1-5,7-10,13-15,17H2,(H,25,29)(H,26,28)/t20-/m1/s1. The number of allylic oxidation sites excluding steroid dienone is 1. The minimum atomic E-state index is -3.69. The molecule has 1 aliphatic carbocycles. The number of hydrogen-bond donors (Lipinski definition) is 2. The lowest BCUT2D eigenvalue weighted by Gasteiger charge is -2.31. The average molecular weight is 460 g/mol. The Morgan fingerprint density at radius 1 is 1.12 bits per heavy atom. The number of nitrogens with one attached hydrogen (secondary N) is 2. The Hall–Kier alpha value is -2.19. The highest BCUT2D eigenvalue weighted by Crippen LogP contribution is 2.29. The molecular formula is C24H33N3O4S. The third-order valence-electron chi connectivity index (χ3n) is 6.72. The number of nitrogens with zero attached hydrogens (tertiary/aromatic N) is 1. The van der Waals surface area contributed by atoms with Gasteiger partial charge in [-0.25, -0.2) is 8.42 Å². The number of carbonyl (C=O) groups is 2. The van der Waals surface area contributed by atoms with Gasteiger partial charge in [0, 0.05) is 31.7 Å². The zero-order valence-corrected chi connectivity index (χ0v) is 19.4. The molecule has 2 amide bonds. The fraction of sp³-hybridized carbons (Fsp3) is 0.583. The smallest absolute Gasteiger partial charge is 0.243 e. The van der Waals surface area contributed by atoms with Gasteiger partial charge in [-0.3, -0.25) is 9.59 Å². The molecule has 0 radical (unpaired) electrons. The third kappa shape index (κ3) is 5.41. The van der Waals surface area contributed by atoms with E-state index in [0.29, 0.717) is 50.9 Å². The molecule has 0 aromatic heterocycles. The van der Waals surface area contributed by atoms with Gasteiger partial charge in [0.05, 0.1) is 10.8 Å². The summed E-state index contributed by atoms with van der Waals surface area (Å²) in [6.07, 6.45) is 11.1. The van der Waals surface area contributed by atoms with Crippen LogP contribution in [0.3, 0.4) is 0 Å². The highest BCUT2D eigenvalue weighted by Gasteiger charge is 2.33. The lowest BCUT2D eigenvalue weighted by atomic mass is 9.96. The third-order valence-corrected chi connectivity index (χ3v) is 8.58. The first-order valence-electron chi connectivity index (χ1n) is 11.8. The average Bonchev–Trinajstić information content (AvgIpc) is 2.99. The van der Waals surface area contributed by atoms with E-state index < -0.39 is 10.0 Å². The van der Waals surface area contributed by atoms with Crippen molar-refractivity contribution in [3.8, 4) is 0 Å². The van der Waals surface area contributed by atoms with Crippen molar-refractivity contribution in [2.75, 3.05) is 25.0 Å². The Morgan fingerprint density at radius 2 is 2.00 bits per heavy atom. The van der Waals surface area contributed by atoms with Crippen molar-refractivity contribution >= 4 is 27.5 Å². The molecule has 0 spiro atoms. The van der Waals surface area contributed by atoms with Crippen LogP contribution in [0.15, 0.2) is 34.7 Å². The first-order valence-corrected chi connectivity index (χ1v) is 13.3. The van der Waals surface area contributed by atoms with E-state index in [1.54, 1.807) is 18.2 Å². The van der Waals surface area contributed by atoms with Gasteiger partial charge in [0.25, 0.3) is 0 Å². The maximum atomic E-state index is 13.3. The molecule has 32 heavy (non-hydrogen) atoms. The zero-order chi connectivity index (χ0) is 22.6. The van der Waals surface area contributed by atoms with Gasteiger partial charge in [-0.05, 0) is 81.5 Å². The van der Waals surface area contributed by atoms with Crippen molar-refractivity contribution in [1.82, 2.24) is 9.62 Å². The number of amides is 2. The number of aryl methyl sites for hydroxylation is 1. The van der Waals surface area contributed by atoms with Gasteiger partial charge in [-0.1, -0.05) is 11.6 Å². The van der Waals surface area contributed by atoms with Crippen molar-refractivity contribution in [1.29, 1.82) is 0 Å². The predicted octanol–water partition coefficient (Wildman–Crippen LogP) is 3.37. The molecule has 2 heterocycles. The molecule has 7 nitrogen and oxygen atoms in total. The molecule has 2 aliphatic heterocycles. The molecule has 174 valence electrons. The van der Waals surface area contributed by atoms with Gasteiger partial charge in [0.2, 0.25) is 21.8 Å². The first kappa shape index (κ1) is 23.0. The monoisotopic (exact) mass is 459 g/mol. The van der Waals surface area contributed by atoms with Crippen LogP contribution in [0, 0.1) is 5.92 Å². The normalized spacial score (nSPS) is 22.3. The summed E-state index contributed by atoms with van der Waals surface area (Å²) in [7, 11) is -3.69.